The predicted octanol–water partition coefficient (Wildman–Crippen LogP) is -0.273. The Morgan fingerprint density at radius 3 is 2.42 bits per heavy atom. The fourth-order valence-electron chi connectivity index (χ4n) is 0.935. The Morgan fingerprint density at radius 1 is 1.42 bits per heavy atom. The number of hydrogen-bond acceptors (Lipinski definition) is 6. The summed E-state index contributed by atoms with van der Waals surface area (Å²) in [4.78, 5) is 22.3. The number of hydrogen-bond donors (Lipinski definition) is 4. The Balaban J connectivity index is 4.27. The smallest absolute Gasteiger partial charge is 0.408 e. The number of carbonyl (C=O) groups excluding carboxylic acids is 1. The number of amides is 1. The van der Waals surface area contributed by atoms with Crippen molar-refractivity contribution in [1.82, 2.24) is 5.32 Å². The van der Waals surface area contributed by atoms with Gasteiger partial charge in [0.15, 0.2) is 11.9 Å². The zero-order valence-electron chi connectivity index (χ0n) is 11.0. The van der Waals surface area contributed by atoms with E-state index >= 15 is 0 Å². The molecule has 0 heterocycles. The first kappa shape index (κ1) is 17.0. The van der Waals surface area contributed by atoms with E-state index in [1.807, 2.05) is 0 Å². The Labute approximate surface area is 110 Å². The highest BCUT2D eigenvalue weighted by molar-refractivity contribution is 5.81. The first-order valence-corrected chi connectivity index (χ1v) is 5.42. The molecular formula is C10H19N3O6. The molecule has 9 heteroatoms. The van der Waals surface area contributed by atoms with Gasteiger partial charge in [-0.2, -0.15) is 0 Å². The minimum absolute atomic E-state index is 0.207. The molecule has 0 saturated heterocycles. The molecule has 0 radical (unpaired) electrons. The molecule has 0 aromatic heterocycles. The SMILES string of the molecule is CC(C)(C)OC(=O)N[C@@H](COCC(N)=NO)C(=O)O. The molecule has 0 aliphatic carbocycles. The molecule has 5 N–H and O–H groups in total. The topological polar surface area (TPSA) is 143 Å². The lowest BCUT2D eigenvalue weighted by molar-refractivity contribution is -0.141. The van der Waals surface area contributed by atoms with Crippen LogP contribution in [0.5, 0.6) is 0 Å². The number of alkyl carbamates (subject to hydrolysis) is 1. The Bertz CT molecular complexity index is 350. The molecule has 9 nitrogen and oxygen atoms in total. The second kappa shape index (κ2) is 7.41. The molecule has 0 aliphatic heterocycles. The molecule has 0 saturated carbocycles. The van der Waals surface area contributed by atoms with Crippen molar-refractivity contribution in [2.45, 2.75) is 32.4 Å². The summed E-state index contributed by atoms with van der Waals surface area (Å²) in [6, 6.07) is -1.29. The lowest BCUT2D eigenvalue weighted by atomic mass is 10.2. The van der Waals surface area contributed by atoms with Crippen LogP contribution in [0.15, 0.2) is 5.16 Å². The van der Waals surface area contributed by atoms with E-state index in [1.165, 1.54) is 0 Å². The summed E-state index contributed by atoms with van der Waals surface area (Å²) in [5, 5.41) is 21.9. The van der Waals surface area contributed by atoms with Crippen LogP contribution in [0.4, 0.5) is 4.79 Å². The van der Waals surface area contributed by atoms with E-state index in [-0.39, 0.29) is 19.0 Å². The summed E-state index contributed by atoms with van der Waals surface area (Å²) in [5.41, 5.74) is 4.40. The van der Waals surface area contributed by atoms with Crippen molar-refractivity contribution in [3.63, 3.8) is 0 Å². The molecule has 0 aliphatic rings. The van der Waals surface area contributed by atoms with Crippen molar-refractivity contribution in [2.75, 3.05) is 13.2 Å². The van der Waals surface area contributed by atoms with Gasteiger partial charge in [0, 0.05) is 0 Å². The van der Waals surface area contributed by atoms with Gasteiger partial charge in [0.25, 0.3) is 0 Å². The summed E-state index contributed by atoms with van der Waals surface area (Å²) in [6.07, 6.45) is -0.868. The van der Waals surface area contributed by atoms with Crippen molar-refractivity contribution in [3.05, 3.63) is 0 Å². The molecule has 0 rings (SSSR count). The summed E-state index contributed by atoms with van der Waals surface area (Å²) in [6.45, 7) is 4.35. The van der Waals surface area contributed by atoms with E-state index in [1.54, 1.807) is 20.8 Å². The molecule has 0 bridgehead atoms. The third-order valence-corrected chi connectivity index (χ3v) is 1.65. The van der Waals surface area contributed by atoms with E-state index in [0.717, 1.165) is 0 Å². The van der Waals surface area contributed by atoms with Crippen LogP contribution in [0.25, 0.3) is 0 Å². The quantitative estimate of drug-likeness (QED) is 0.226. The van der Waals surface area contributed by atoms with Crippen molar-refractivity contribution < 1.29 is 29.4 Å². The highest BCUT2D eigenvalue weighted by atomic mass is 16.6. The van der Waals surface area contributed by atoms with Crippen LogP contribution in [0.2, 0.25) is 0 Å². The zero-order valence-corrected chi connectivity index (χ0v) is 11.0. The molecule has 0 spiro atoms. The zero-order chi connectivity index (χ0) is 15.1. The number of carboxylic acid groups (broad SMARTS) is 1. The third-order valence-electron chi connectivity index (χ3n) is 1.65. The van der Waals surface area contributed by atoms with Crippen molar-refractivity contribution in [1.29, 1.82) is 0 Å². The molecule has 19 heavy (non-hydrogen) atoms. The van der Waals surface area contributed by atoms with Crippen LogP contribution >= 0.6 is 0 Å². The van der Waals surface area contributed by atoms with Gasteiger partial charge in [0.05, 0.1) is 6.61 Å². The Morgan fingerprint density at radius 2 is 2.00 bits per heavy atom. The summed E-state index contributed by atoms with van der Waals surface area (Å²) in [7, 11) is 0. The van der Waals surface area contributed by atoms with Gasteiger partial charge in [0.2, 0.25) is 0 Å². The van der Waals surface area contributed by atoms with Gasteiger partial charge in [-0.1, -0.05) is 5.16 Å². The minimum Gasteiger partial charge on any atom is -0.480 e. The first-order valence-electron chi connectivity index (χ1n) is 5.42. The maximum absolute atomic E-state index is 11.4. The van der Waals surface area contributed by atoms with E-state index in [0.29, 0.717) is 0 Å². The number of amidine groups is 1. The summed E-state index contributed by atoms with van der Waals surface area (Å²) in [5.74, 6) is -1.49. The van der Waals surface area contributed by atoms with E-state index in [2.05, 4.69) is 10.5 Å². The van der Waals surface area contributed by atoms with Crippen molar-refractivity contribution in [3.8, 4) is 0 Å². The van der Waals surface area contributed by atoms with E-state index in [4.69, 9.17) is 25.5 Å². The highest BCUT2D eigenvalue weighted by Gasteiger charge is 2.24. The van der Waals surface area contributed by atoms with Gasteiger partial charge in [-0.05, 0) is 20.8 Å². The molecule has 1 amide bonds. The standard InChI is InChI=1S/C10H19N3O6/c1-10(2,3)19-9(16)12-6(8(14)15)4-18-5-7(11)13-17/h6,17H,4-5H2,1-3H3,(H2,11,13)(H,12,16)(H,14,15)/t6-/m0/s1. The minimum atomic E-state index is -1.29. The lowest BCUT2D eigenvalue weighted by Gasteiger charge is -2.21. The van der Waals surface area contributed by atoms with Crippen LogP contribution in [-0.4, -0.2) is 53.1 Å². The Hall–Kier alpha value is -2.03. The highest BCUT2D eigenvalue weighted by Crippen LogP contribution is 2.06. The van der Waals surface area contributed by atoms with Crippen molar-refractivity contribution in [2.24, 2.45) is 10.9 Å². The number of ether oxygens (including phenoxy) is 2. The number of aliphatic carboxylic acids is 1. The molecule has 0 aromatic rings. The number of carbonyl (C=O) groups is 2. The maximum atomic E-state index is 11.4. The third kappa shape index (κ3) is 8.66. The summed E-state index contributed by atoms with van der Waals surface area (Å²) < 4.78 is 9.78. The van der Waals surface area contributed by atoms with Crippen LogP contribution in [0, 0.1) is 0 Å². The number of oxime groups is 1. The number of nitrogens with one attached hydrogen (secondary N) is 1. The normalized spacial score (nSPS) is 13.7. The summed E-state index contributed by atoms with van der Waals surface area (Å²) >= 11 is 0. The number of carboxylic acids is 1. The fourth-order valence-corrected chi connectivity index (χ4v) is 0.935. The average Bonchev–Trinajstić information content (AvgIpc) is 2.24. The van der Waals surface area contributed by atoms with Crippen LogP contribution in [-0.2, 0) is 14.3 Å². The Kier molecular flexibility index (Phi) is 6.62. The lowest BCUT2D eigenvalue weighted by Crippen LogP contribution is -2.46. The second-order valence-corrected chi connectivity index (χ2v) is 4.64. The first-order chi connectivity index (χ1) is 8.65. The number of nitrogens with zero attached hydrogens (tertiary/aromatic N) is 1. The average molecular weight is 277 g/mol. The predicted molar refractivity (Wildman–Crippen MR) is 65.0 cm³/mol. The van der Waals surface area contributed by atoms with Gasteiger partial charge >= 0.3 is 12.1 Å². The van der Waals surface area contributed by atoms with E-state index < -0.39 is 23.7 Å². The van der Waals surface area contributed by atoms with Crippen LogP contribution < -0.4 is 11.1 Å². The molecule has 110 valence electrons. The van der Waals surface area contributed by atoms with Crippen LogP contribution in [0.3, 0.4) is 0 Å². The monoisotopic (exact) mass is 277 g/mol. The van der Waals surface area contributed by atoms with Gasteiger partial charge in [-0.25, -0.2) is 9.59 Å². The van der Waals surface area contributed by atoms with Gasteiger partial charge in [0.1, 0.15) is 12.2 Å². The molecule has 0 aromatic carbocycles. The molecule has 1 atom stereocenters. The molecular weight excluding hydrogens is 258 g/mol. The van der Waals surface area contributed by atoms with Gasteiger partial charge in [-0.15, -0.1) is 0 Å². The van der Waals surface area contributed by atoms with E-state index in [9.17, 15) is 9.59 Å². The fraction of sp³-hybridized carbons (Fsp3) is 0.700. The largest absolute Gasteiger partial charge is 0.480 e. The van der Waals surface area contributed by atoms with Crippen LogP contribution in [0.1, 0.15) is 20.8 Å². The van der Waals surface area contributed by atoms with Gasteiger partial charge < -0.3 is 30.8 Å². The second-order valence-electron chi connectivity index (χ2n) is 4.64. The van der Waals surface area contributed by atoms with Gasteiger partial charge in [-0.3, -0.25) is 0 Å². The maximum Gasteiger partial charge on any atom is 0.408 e. The number of nitrogens with two attached hydrogens (primary N) is 1. The van der Waals surface area contributed by atoms with Crippen molar-refractivity contribution >= 4 is 17.9 Å². The molecule has 0 fully saturated rings. The molecule has 0 unspecified atom stereocenters. The number of rotatable bonds is 6.